The molecule has 0 aliphatic carbocycles. The SMILES string of the molecule is C=C1NC(=Cc2sccc2C)C(=O)C1C(=O)OC. The van der Waals surface area contributed by atoms with E-state index in [1.165, 1.54) is 7.11 Å². The smallest absolute Gasteiger partial charge is 0.322 e. The molecule has 1 fully saturated rings. The van der Waals surface area contributed by atoms with Crippen molar-refractivity contribution in [3.8, 4) is 0 Å². The standard InChI is InChI=1S/C13H13NO3S/c1-7-4-5-18-10(7)6-9-12(15)11(8(2)14-9)13(16)17-3/h4-6,11,14H,2H2,1,3H3. The molecule has 0 bridgehead atoms. The van der Waals surface area contributed by atoms with Gasteiger partial charge in [0.25, 0.3) is 0 Å². The van der Waals surface area contributed by atoms with Gasteiger partial charge < -0.3 is 10.1 Å². The number of nitrogens with one attached hydrogen (secondary N) is 1. The van der Waals surface area contributed by atoms with E-state index in [4.69, 9.17) is 0 Å². The van der Waals surface area contributed by atoms with Crippen LogP contribution < -0.4 is 5.32 Å². The lowest BCUT2D eigenvalue weighted by Crippen LogP contribution is -2.21. The van der Waals surface area contributed by atoms with Gasteiger partial charge in [0.05, 0.1) is 12.8 Å². The summed E-state index contributed by atoms with van der Waals surface area (Å²) < 4.78 is 4.60. The van der Waals surface area contributed by atoms with E-state index >= 15 is 0 Å². The number of hydrogen-bond donors (Lipinski definition) is 1. The van der Waals surface area contributed by atoms with Gasteiger partial charge in [-0.25, -0.2) is 0 Å². The van der Waals surface area contributed by atoms with Crippen LogP contribution >= 0.6 is 11.3 Å². The molecule has 1 N–H and O–H groups in total. The van der Waals surface area contributed by atoms with E-state index in [0.29, 0.717) is 11.4 Å². The van der Waals surface area contributed by atoms with Crippen molar-refractivity contribution in [2.24, 2.45) is 5.92 Å². The van der Waals surface area contributed by atoms with Crippen LogP contribution in [0, 0.1) is 12.8 Å². The second-order valence-electron chi connectivity index (χ2n) is 4.00. The van der Waals surface area contributed by atoms with Crippen LogP contribution in [-0.2, 0) is 14.3 Å². The number of Topliss-reactive ketones (excluding diaryl/α,β-unsaturated/α-hetero) is 1. The third-order valence-electron chi connectivity index (χ3n) is 2.79. The Balaban J connectivity index is 2.31. The predicted octanol–water partition coefficient (Wildman–Crippen LogP) is 1.87. The average molecular weight is 263 g/mol. The Morgan fingerprint density at radius 2 is 2.33 bits per heavy atom. The summed E-state index contributed by atoms with van der Waals surface area (Å²) in [6, 6.07) is 1.98. The Morgan fingerprint density at radius 3 is 2.89 bits per heavy atom. The molecule has 0 amide bonds. The van der Waals surface area contributed by atoms with Crippen molar-refractivity contribution >= 4 is 29.2 Å². The van der Waals surface area contributed by atoms with Crippen molar-refractivity contribution in [2.45, 2.75) is 6.92 Å². The van der Waals surface area contributed by atoms with Crippen molar-refractivity contribution in [3.05, 3.63) is 39.9 Å². The summed E-state index contributed by atoms with van der Waals surface area (Å²) in [5, 5.41) is 4.81. The van der Waals surface area contributed by atoms with Gasteiger partial charge >= 0.3 is 5.97 Å². The highest BCUT2D eigenvalue weighted by atomic mass is 32.1. The second kappa shape index (κ2) is 4.78. The van der Waals surface area contributed by atoms with Crippen molar-refractivity contribution in [2.75, 3.05) is 7.11 Å². The Hall–Kier alpha value is -1.88. The number of ether oxygens (including phenoxy) is 1. The summed E-state index contributed by atoms with van der Waals surface area (Å²) in [6.07, 6.45) is 1.75. The molecule has 1 aliphatic heterocycles. The van der Waals surface area contributed by atoms with Gasteiger partial charge in [0.1, 0.15) is 0 Å². The molecule has 1 aliphatic rings. The maximum atomic E-state index is 12.1. The highest BCUT2D eigenvalue weighted by Crippen LogP contribution is 2.26. The first-order chi connectivity index (χ1) is 8.54. The Bertz CT molecular complexity index is 556. The topological polar surface area (TPSA) is 55.4 Å². The molecule has 1 aromatic rings. The summed E-state index contributed by atoms with van der Waals surface area (Å²) in [4.78, 5) is 24.5. The van der Waals surface area contributed by atoms with Crippen LogP contribution in [0.25, 0.3) is 6.08 Å². The highest BCUT2D eigenvalue weighted by molar-refractivity contribution is 7.11. The molecule has 4 nitrogen and oxygen atoms in total. The number of carbonyl (C=O) groups is 2. The van der Waals surface area contributed by atoms with Crippen LogP contribution in [0.1, 0.15) is 10.4 Å². The summed E-state index contributed by atoms with van der Waals surface area (Å²) >= 11 is 1.54. The van der Waals surface area contributed by atoms with E-state index in [-0.39, 0.29) is 5.78 Å². The maximum absolute atomic E-state index is 12.1. The van der Waals surface area contributed by atoms with Gasteiger partial charge in [0, 0.05) is 10.6 Å². The van der Waals surface area contributed by atoms with E-state index in [1.807, 2.05) is 18.4 Å². The number of carbonyl (C=O) groups excluding carboxylic acids is 2. The fourth-order valence-corrected chi connectivity index (χ4v) is 2.62. The number of thiophene rings is 1. The van der Waals surface area contributed by atoms with Gasteiger partial charge in [-0.15, -0.1) is 11.3 Å². The lowest BCUT2D eigenvalue weighted by Gasteiger charge is -2.03. The third-order valence-corrected chi connectivity index (χ3v) is 3.75. The summed E-state index contributed by atoms with van der Waals surface area (Å²) in [6.45, 7) is 5.65. The zero-order valence-corrected chi connectivity index (χ0v) is 11.0. The van der Waals surface area contributed by atoms with Crippen molar-refractivity contribution in [3.63, 3.8) is 0 Å². The van der Waals surface area contributed by atoms with Crippen LogP contribution in [0.15, 0.2) is 29.4 Å². The van der Waals surface area contributed by atoms with E-state index in [1.54, 1.807) is 17.4 Å². The molecule has 0 aromatic carbocycles. The minimum atomic E-state index is -0.929. The maximum Gasteiger partial charge on any atom is 0.322 e. The molecule has 1 unspecified atom stereocenters. The predicted molar refractivity (Wildman–Crippen MR) is 69.8 cm³/mol. The zero-order valence-electron chi connectivity index (χ0n) is 10.1. The van der Waals surface area contributed by atoms with E-state index < -0.39 is 11.9 Å². The monoisotopic (exact) mass is 263 g/mol. The van der Waals surface area contributed by atoms with E-state index in [2.05, 4.69) is 16.6 Å². The van der Waals surface area contributed by atoms with Crippen molar-refractivity contribution < 1.29 is 14.3 Å². The molecule has 2 heterocycles. The fraction of sp³-hybridized carbons (Fsp3) is 0.231. The van der Waals surface area contributed by atoms with Gasteiger partial charge in [-0.1, -0.05) is 6.58 Å². The molecule has 1 atom stereocenters. The number of allylic oxidation sites excluding steroid dienone is 1. The number of esters is 1. The molecule has 1 aromatic heterocycles. The molecule has 94 valence electrons. The lowest BCUT2D eigenvalue weighted by molar-refractivity contribution is -0.146. The minimum Gasteiger partial charge on any atom is -0.468 e. The lowest BCUT2D eigenvalue weighted by atomic mass is 10.0. The van der Waals surface area contributed by atoms with Crippen LogP contribution in [0.4, 0.5) is 0 Å². The molecular weight excluding hydrogens is 250 g/mol. The summed E-state index contributed by atoms with van der Waals surface area (Å²) in [5.41, 5.74) is 1.85. The van der Waals surface area contributed by atoms with Gasteiger partial charge in [0.2, 0.25) is 0 Å². The molecule has 0 radical (unpaired) electrons. The van der Waals surface area contributed by atoms with E-state index in [9.17, 15) is 9.59 Å². The van der Waals surface area contributed by atoms with Crippen LogP contribution in [0.2, 0.25) is 0 Å². The highest BCUT2D eigenvalue weighted by Gasteiger charge is 2.39. The number of aryl methyl sites for hydroxylation is 1. The van der Waals surface area contributed by atoms with Gasteiger partial charge in [-0.05, 0) is 30.0 Å². The van der Waals surface area contributed by atoms with Gasteiger partial charge in [-0.2, -0.15) is 0 Å². The third kappa shape index (κ3) is 2.09. The molecule has 2 rings (SSSR count). The van der Waals surface area contributed by atoms with Gasteiger partial charge in [0.15, 0.2) is 11.7 Å². The number of rotatable bonds is 2. The van der Waals surface area contributed by atoms with Crippen LogP contribution in [-0.4, -0.2) is 18.9 Å². The van der Waals surface area contributed by atoms with Gasteiger partial charge in [-0.3, -0.25) is 9.59 Å². The summed E-state index contributed by atoms with van der Waals surface area (Å²) in [7, 11) is 1.26. The molecule has 0 saturated carbocycles. The number of hydrogen-bond acceptors (Lipinski definition) is 5. The number of methoxy groups -OCH3 is 1. The largest absolute Gasteiger partial charge is 0.468 e. The molecule has 1 saturated heterocycles. The Kier molecular flexibility index (Phi) is 3.34. The number of ketones is 1. The molecule has 18 heavy (non-hydrogen) atoms. The Labute approximate surface area is 109 Å². The van der Waals surface area contributed by atoms with E-state index in [0.717, 1.165) is 10.4 Å². The quantitative estimate of drug-likeness (QED) is 0.503. The fourth-order valence-electron chi connectivity index (χ4n) is 1.76. The zero-order chi connectivity index (χ0) is 13.3. The van der Waals surface area contributed by atoms with Crippen molar-refractivity contribution in [1.82, 2.24) is 5.32 Å². The molecule has 5 heteroatoms. The Morgan fingerprint density at radius 1 is 1.61 bits per heavy atom. The normalized spacial score (nSPS) is 21.2. The first kappa shape index (κ1) is 12.6. The minimum absolute atomic E-state index is 0.292. The molecular formula is C13H13NO3S. The average Bonchev–Trinajstić information content (AvgIpc) is 2.85. The van der Waals surface area contributed by atoms with Crippen molar-refractivity contribution in [1.29, 1.82) is 0 Å². The molecule has 0 spiro atoms. The van der Waals surface area contributed by atoms with Crippen LogP contribution in [0.3, 0.4) is 0 Å². The second-order valence-corrected chi connectivity index (χ2v) is 4.94. The summed E-state index contributed by atoms with van der Waals surface area (Å²) in [5.74, 6) is -1.80. The first-order valence-electron chi connectivity index (χ1n) is 5.38. The van der Waals surface area contributed by atoms with Crippen LogP contribution in [0.5, 0.6) is 0 Å². The first-order valence-corrected chi connectivity index (χ1v) is 6.26.